The summed E-state index contributed by atoms with van der Waals surface area (Å²) in [5, 5.41) is 0.117. The summed E-state index contributed by atoms with van der Waals surface area (Å²) in [4.78, 5) is 10.2. The summed E-state index contributed by atoms with van der Waals surface area (Å²) in [6.07, 6.45) is 1.40. The molecule has 0 amide bonds. The lowest BCUT2D eigenvalue weighted by atomic mass is 10.3. The Balaban J connectivity index is 3.24. The standard InChI is InChI=1S/C5H10OS2/c1-2-4(7)3-5(6)8/h4,7H,2-3H2,1H3,(H,6,8). The Labute approximate surface area is 60.7 Å². The van der Waals surface area contributed by atoms with Gasteiger partial charge in [-0.25, -0.2) is 0 Å². The van der Waals surface area contributed by atoms with E-state index in [0.717, 1.165) is 6.42 Å². The highest BCUT2D eigenvalue weighted by molar-refractivity contribution is 7.96. The van der Waals surface area contributed by atoms with Gasteiger partial charge in [0.25, 0.3) is 0 Å². The zero-order valence-corrected chi connectivity index (χ0v) is 6.58. The van der Waals surface area contributed by atoms with Crippen LogP contribution in [-0.2, 0) is 4.79 Å². The zero-order valence-electron chi connectivity index (χ0n) is 4.79. The topological polar surface area (TPSA) is 17.1 Å². The Morgan fingerprint density at radius 1 is 1.75 bits per heavy atom. The molecule has 0 aromatic rings. The molecule has 1 atom stereocenters. The molecule has 0 aromatic heterocycles. The van der Waals surface area contributed by atoms with Crippen LogP contribution in [-0.4, -0.2) is 10.4 Å². The van der Waals surface area contributed by atoms with Crippen molar-refractivity contribution < 1.29 is 4.79 Å². The zero-order chi connectivity index (χ0) is 6.57. The number of carbonyl (C=O) groups is 1. The number of hydrogen-bond donors (Lipinski definition) is 2. The predicted molar refractivity (Wildman–Crippen MR) is 41.7 cm³/mol. The second-order valence-electron chi connectivity index (χ2n) is 1.66. The van der Waals surface area contributed by atoms with E-state index in [1.165, 1.54) is 0 Å². The summed E-state index contributed by atoms with van der Waals surface area (Å²) in [6, 6.07) is 0. The molecule has 1 nitrogen and oxygen atoms in total. The molecule has 0 aliphatic carbocycles. The van der Waals surface area contributed by atoms with E-state index < -0.39 is 0 Å². The largest absolute Gasteiger partial charge is 0.287 e. The first kappa shape index (κ1) is 8.37. The Kier molecular flexibility index (Phi) is 4.47. The first-order chi connectivity index (χ1) is 3.66. The van der Waals surface area contributed by atoms with Crippen molar-refractivity contribution in [2.75, 3.05) is 0 Å². The van der Waals surface area contributed by atoms with Crippen LogP contribution in [0, 0.1) is 0 Å². The molecule has 0 rings (SSSR count). The van der Waals surface area contributed by atoms with Crippen molar-refractivity contribution in [3.8, 4) is 0 Å². The highest BCUT2D eigenvalue weighted by Gasteiger charge is 2.01. The second kappa shape index (κ2) is 4.27. The Morgan fingerprint density at radius 3 is 2.38 bits per heavy atom. The van der Waals surface area contributed by atoms with E-state index in [1.807, 2.05) is 6.92 Å². The minimum absolute atomic E-state index is 0.0770. The Bertz CT molecular complexity index is 82.5. The molecular weight excluding hydrogens is 140 g/mol. The summed E-state index contributed by atoms with van der Waals surface area (Å²) < 4.78 is 0. The molecular formula is C5H10OS2. The van der Waals surface area contributed by atoms with E-state index in [4.69, 9.17) is 0 Å². The molecule has 0 spiro atoms. The fourth-order valence-corrected chi connectivity index (χ4v) is 0.876. The number of thiol groups is 2. The number of hydrogen-bond acceptors (Lipinski definition) is 2. The van der Waals surface area contributed by atoms with E-state index >= 15 is 0 Å². The monoisotopic (exact) mass is 150 g/mol. The highest BCUT2D eigenvalue weighted by Crippen LogP contribution is 2.06. The van der Waals surface area contributed by atoms with E-state index in [2.05, 4.69) is 25.3 Å². The molecule has 8 heavy (non-hydrogen) atoms. The average molecular weight is 150 g/mol. The molecule has 0 saturated heterocycles. The van der Waals surface area contributed by atoms with Crippen molar-refractivity contribution in [2.45, 2.75) is 25.0 Å². The van der Waals surface area contributed by atoms with Crippen molar-refractivity contribution in [2.24, 2.45) is 0 Å². The van der Waals surface area contributed by atoms with Crippen LogP contribution >= 0.6 is 25.3 Å². The number of carbonyl (C=O) groups excluding carboxylic acids is 1. The van der Waals surface area contributed by atoms with Crippen molar-refractivity contribution in [3.05, 3.63) is 0 Å². The lowest BCUT2D eigenvalue weighted by Crippen LogP contribution is -2.00. The quantitative estimate of drug-likeness (QED) is 0.584. The molecule has 48 valence electrons. The third kappa shape index (κ3) is 4.53. The SMILES string of the molecule is CCC(S)CC(=O)S. The van der Waals surface area contributed by atoms with Crippen LogP contribution in [0.25, 0.3) is 0 Å². The molecule has 3 heteroatoms. The third-order valence-corrected chi connectivity index (χ3v) is 1.61. The maximum absolute atomic E-state index is 10.2. The van der Waals surface area contributed by atoms with Crippen molar-refractivity contribution in [1.82, 2.24) is 0 Å². The molecule has 0 bridgehead atoms. The molecule has 0 heterocycles. The summed E-state index contributed by atoms with van der Waals surface area (Å²) in [5.41, 5.74) is 0. The lowest BCUT2D eigenvalue weighted by Gasteiger charge is -2.00. The van der Waals surface area contributed by atoms with Gasteiger partial charge in [-0.2, -0.15) is 12.6 Å². The maximum Gasteiger partial charge on any atom is 0.187 e. The van der Waals surface area contributed by atoms with Crippen molar-refractivity contribution in [3.63, 3.8) is 0 Å². The minimum atomic E-state index is -0.0770. The van der Waals surface area contributed by atoms with Crippen LogP contribution in [0.3, 0.4) is 0 Å². The Morgan fingerprint density at radius 2 is 2.25 bits per heavy atom. The maximum atomic E-state index is 10.2. The molecule has 0 aliphatic heterocycles. The van der Waals surface area contributed by atoms with Gasteiger partial charge in [-0.1, -0.05) is 6.92 Å². The van der Waals surface area contributed by atoms with Gasteiger partial charge in [0, 0.05) is 11.7 Å². The van der Waals surface area contributed by atoms with Gasteiger partial charge in [-0.3, -0.25) is 4.79 Å². The molecule has 1 unspecified atom stereocenters. The third-order valence-electron chi connectivity index (χ3n) is 0.881. The van der Waals surface area contributed by atoms with Gasteiger partial charge in [0.2, 0.25) is 0 Å². The van der Waals surface area contributed by atoms with Crippen LogP contribution in [0.1, 0.15) is 19.8 Å². The van der Waals surface area contributed by atoms with Crippen LogP contribution in [0.5, 0.6) is 0 Å². The van der Waals surface area contributed by atoms with Gasteiger partial charge in [0.15, 0.2) is 5.12 Å². The predicted octanol–water partition coefficient (Wildman–Crippen LogP) is 1.54. The van der Waals surface area contributed by atoms with Gasteiger partial charge in [-0.05, 0) is 6.42 Å². The molecule has 0 N–H and O–H groups in total. The summed E-state index contributed by atoms with van der Waals surface area (Å²) in [7, 11) is 0. The smallest absolute Gasteiger partial charge is 0.187 e. The fraction of sp³-hybridized carbons (Fsp3) is 0.800. The van der Waals surface area contributed by atoms with Gasteiger partial charge in [-0.15, -0.1) is 12.6 Å². The van der Waals surface area contributed by atoms with Crippen molar-refractivity contribution in [1.29, 1.82) is 0 Å². The van der Waals surface area contributed by atoms with Crippen LogP contribution in [0.2, 0.25) is 0 Å². The number of rotatable bonds is 3. The van der Waals surface area contributed by atoms with Crippen molar-refractivity contribution >= 4 is 30.4 Å². The normalized spacial score (nSPS) is 13.4. The first-order valence-electron chi connectivity index (χ1n) is 2.56. The summed E-state index contributed by atoms with van der Waals surface area (Å²) in [5.74, 6) is 0. The lowest BCUT2D eigenvalue weighted by molar-refractivity contribution is -0.110. The average Bonchev–Trinajstić information content (AvgIpc) is 1.65. The fourth-order valence-electron chi connectivity index (χ4n) is 0.346. The molecule has 0 fully saturated rings. The van der Waals surface area contributed by atoms with Gasteiger partial charge in [0.05, 0.1) is 0 Å². The molecule has 0 aromatic carbocycles. The van der Waals surface area contributed by atoms with E-state index in [9.17, 15) is 4.79 Å². The van der Waals surface area contributed by atoms with Gasteiger partial charge in [0.1, 0.15) is 0 Å². The molecule has 0 aliphatic rings. The first-order valence-corrected chi connectivity index (χ1v) is 3.53. The van der Waals surface area contributed by atoms with Gasteiger partial charge < -0.3 is 0 Å². The van der Waals surface area contributed by atoms with Crippen LogP contribution in [0.15, 0.2) is 0 Å². The summed E-state index contributed by atoms with van der Waals surface area (Å²) >= 11 is 7.70. The van der Waals surface area contributed by atoms with Crippen LogP contribution < -0.4 is 0 Å². The van der Waals surface area contributed by atoms with E-state index in [1.54, 1.807) is 0 Å². The summed E-state index contributed by atoms with van der Waals surface area (Å²) in [6.45, 7) is 1.99. The molecule has 0 saturated carbocycles. The van der Waals surface area contributed by atoms with E-state index in [0.29, 0.717) is 6.42 Å². The minimum Gasteiger partial charge on any atom is -0.287 e. The van der Waals surface area contributed by atoms with E-state index in [-0.39, 0.29) is 10.4 Å². The molecule has 0 radical (unpaired) electrons. The van der Waals surface area contributed by atoms with Crippen LogP contribution in [0.4, 0.5) is 0 Å². The second-order valence-corrected chi connectivity index (χ2v) is 2.89. The van der Waals surface area contributed by atoms with Gasteiger partial charge >= 0.3 is 0 Å². The highest BCUT2D eigenvalue weighted by atomic mass is 32.1. The Hall–Kier alpha value is 0.370.